The van der Waals surface area contributed by atoms with Gasteiger partial charge in [0.15, 0.2) is 11.5 Å². The van der Waals surface area contributed by atoms with E-state index in [0.29, 0.717) is 31.2 Å². The first-order valence-electron chi connectivity index (χ1n) is 14.2. The number of benzene rings is 2. The number of alkyl halides is 2. The number of ether oxygens (including phenoxy) is 2. The lowest BCUT2D eigenvalue weighted by Gasteiger charge is -2.22. The van der Waals surface area contributed by atoms with Crippen molar-refractivity contribution in [2.45, 2.75) is 51.3 Å². The van der Waals surface area contributed by atoms with Gasteiger partial charge >= 0.3 is 6.61 Å². The Bertz CT molecular complexity index is 1470. The summed E-state index contributed by atoms with van der Waals surface area (Å²) >= 11 is 0. The third kappa shape index (κ3) is 7.46. The highest BCUT2D eigenvalue weighted by Gasteiger charge is 2.39. The van der Waals surface area contributed by atoms with Gasteiger partial charge in [-0.1, -0.05) is 30.3 Å². The van der Waals surface area contributed by atoms with Gasteiger partial charge in [-0.15, -0.1) is 0 Å². The molecule has 2 aliphatic rings. The summed E-state index contributed by atoms with van der Waals surface area (Å²) in [4.78, 5) is 46.3. The maximum Gasteiger partial charge on any atom is 0.387 e. The fourth-order valence-electron chi connectivity index (χ4n) is 5.18. The molecule has 1 saturated carbocycles. The third-order valence-corrected chi connectivity index (χ3v) is 7.75. The molecule has 5 rings (SSSR count). The quantitative estimate of drug-likeness (QED) is 0.344. The fraction of sp³-hybridized carbons (Fsp3) is 0.375. The Morgan fingerprint density at radius 3 is 2.51 bits per heavy atom. The molecule has 1 N–H and O–H groups in total. The summed E-state index contributed by atoms with van der Waals surface area (Å²) in [5.41, 5.74) is 2.23. The zero-order chi connectivity index (χ0) is 30.5. The van der Waals surface area contributed by atoms with E-state index < -0.39 is 12.7 Å². The Kier molecular flexibility index (Phi) is 9.18. The minimum atomic E-state index is -2.99. The van der Waals surface area contributed by atoms with E-state index in [9.17, 15) is 23.2 Å². The van der Waals surface area contributed by atoms with Gasteiger partial charge in [-0.3, -0.25) is 14.4 Å². The molecule has 1 aliphatic heterocycles. The van der Waals surface area contributed by atoms with Crippen molar-refractivity contribution in [3.63, 3.8) is 0 Å². The van der Waals surface area contributed by atoms with E-state index in [2.05, 4.69) is 15.0 Å². The molecule has 1 saturated heterocycles. The van der Waals surface area contributed by atoms with Crippen LogP contribution in [0.25, 0.3) is 0 Å². The number of para-hydroxylation sites is 1. The predicted octanol–water partition coefficient (Wildman–Crippen LogP) is 4.77. The second-order valence-corrected chi connectivity index (χ2v) is 10.9. The SMILES string of the molecule is CC(=O)N1CC(c2ccc(OC(F)F)c(OCC3CC3)c2)C[C@@H]1C(=O)NCc1cccc(C(=O)N(C)c2ccccc2)n1. The van der Waals surface area contributed by atoms with Crippen LogP contribution >= 0.6 is 0 Å². The van der Waals surface area contributed by atoms with Crippen LogP contribution in [0.2, 0.25) is 0 Å². The van der Waals surface area contributed by atoms with Crippen LogP contribution < -0.4 is 19.7 Å². The summed E-state index contributed by atoms with van der Waals surface area (Å²) in [6, 6.07) is 18.3. The molecular weight excluding hydrogens is 558 g/mol. The molecule has 1 aliphatic carbocycles. The van der Waals surface area contributed by atoms with Gasteiger partial charge in [-0.05, 0) is 67.1 Å². The molecule has 43 heavy (non-hydrogen) atoms. The minimum absolute atomic E-state index is 0.0433. The number of pyridine rings is 1. The van der Waals surface area contributed by atoms with E-state index in [1.807, 2.05) is 30.3 Å². The number of aromatic nitrogens is 1. The average Bonchev–Trinajstić information content (AvgIpc) is 3.73. The number of nitrogens with one attached hydrogen (secondary N) is 1. The molecule has 1 unspecified atom stereocenters. The van der Waals surface area contributed by atoms with Crippen molar-refractivity contribution in [1.29, 1.82) is 0 Å². The summed E-state index contributed by atoms with van der Waals surface area (Å²) in [6.07, 6.45) is 2.42. The first kappa shape index (κ1) is 29.9. The lowest BCUT2D eigenvalue weighted by atomic mass is 9.95. The van der Waals surface area contributed by atoms with Gasteiger partial charge in [0.25, 0.3) is 5.91 Å². The van der Waals surface area contributed by atoms with Crippen LogP contribution in [0.5, 0.6) is 11.5 Å². The van der Waals surface area contributed by atoms with Crippen LogP contribution in [-0.4, -0.2) is 60.5 Å². The molecule has 3 amide bonds. The predicted molar refractivity (Wildman–Crippen MR) is 155 cm³/mol. The number of anilines is 1. The molecule has 2 heterocycles. The van der Waals surface area contributed by atoms with Crippen molar-refractivity contribution in [2.75, 3.05) is 25.1 Å². The van der Waals surface area contributed by atoms with Crippen LogP contribution in [0.4, 0.5) is 14.5 Å². The highest BCUT2D eigenvalue weighted by atomic mass is 19.3. The summed E-state index contributed by atoms with van der Waals surface area (Å²) in [6.45, 7) is -0.798. The molecule has 11 heteroatoms. The Labute approximate surface area is 248 Å². The summed E-state index contributed by atoms with van der Waals surface area (Å²) in [5.74, 6) is -0.499. The molecule has 2 fully saturated rings. The number of amides is 3. The van der Waals surface area contributed by atoms with Crippen LogP contribution in [0.15, 0.2) is 66.7 Å². The highest BCUT2D eigenvalue weighted by Crippen LogP contribution is 2.39. The second kappa shape index (κ2) is 13.2. The van der Waals surface area contributed by atoms with Gasteiger partial charge < -0.3 is 24.6 Å². The van der Waals surface area contributed by atoms with Gasteiger partial charge in [0.05, 0.1) is 18.8 Å². The van der Waals surface area contributed by atoms with E-state index in [1.54, 1.807) is 37.4 Å². The van der Waals surface area contributed by atoms with E-state index in [4.69, 9.17) is 4.74 Å². The van der Waals surface area contributed by atoms with Gasteiger partial charge in [-0.25, -0.2) is 4.98 Å². The Morgan fingerprint density at radius 1 is 1.05 bits per heavy atom. The van der Waals surface area contributed by atoms with Crippen molar-refractivity contribution >= 4 is 23.4 Å². The minimum Gasteiger partial charge on any atom is -0.489 e. The first-order valence-corrected chi connectivity index (χ1v) is 14.2. The Hall–Kier alpha value is -4.54. The highest BCUT2D eigenvalue weighted by molar-refractivity contribution is 6.04. The standard InChI is InChI=1S/C32H34F2N4O5/c1-20(39)38-18-23(22-13-14-28(43-32(33)34)29(16-22)42-19-21-11-12-21)15-27(38)30(40)35-17-24-7-6-10-26(36-24)31(41)37(2)25-8-4-3-5-9-25/h3-10,13-14,16,21,23,27,32H,11-12,15,17-19H2,1-2H3,(H,35,40)/t23?,27-/m1/s1. The number of hydrogen-bond acceptors (Lipinski definition) is 6. The molecule has 9 nitrogen and oxygen atoms in total. The topological polar surface area (TPSA) is 101 Å². The zero-order valence-electron chi connectivity index (χ0n) is 24.0. The Morgan fingerprint density at radius 2 is 1.81 bits per heavy atom. The second-order valence-electron chi connectivity index (χ2n) is 10.9. The largest absolute Gasteiger partial charge is 0.489 e. The van der Waals surface area contributed by atoms with E-state index in [1.165, 1.54) is 22.8 Å². The lowest BCUT2D eigenvalue weighted by Crippen LogP contribution is -2.45. The summed E-state index contributed by atoms with van der Waals surface area (Å²) in [5, 5.41) is 2.86. The molecule has 0 radical (unpaired) electrons. The van der Waals surface area contributed by atoms with Crippen molar-refractivity contribution in [3.05, 3.63) is 83.7 Å². The maximum absolute atomic E-state index is 13.3. The molecule has 2 aromatic carbocycles. The molecule has 2 atom stereocenters. The van der Waals surface area contributed by atoms with Crippen LogP contribution in [-0.2, 0) is 16.1 Å². The average molecular weight is 593 g/mol. The Balaban J connectivity index is 1.25. The zero-order valence-corrected chi connectivity index (χ0v) is 24.0. The van der Waals surface area contributed by atoms with Gasteiger partial charge in [0.2, 0.25) is 11.8 Å². The molecule has 1 aromatic heterocycles. The van der Waals surface area contributed by atoms with Gasteiger partial charge in [0, 0.05) is 32.1 Å². The van der Waals surface area contributed by atoms with Crippen LogP contribution in [0, 0.1) is 5.92 Å². The van der Waals surface area contributed by atoms with Crippen LogP contribution in [0.1, 0.15) is 53.8 Å². The monoisotopic (exact) mass is 592 g/mol. The van der Waals surface area contributed by atoms with Gasteiger partial charge in [0.1, 0.15) is 11.7 Å². The van der Waals surface area contributed by atoms with Crippen molar-refractivity contribution in [1.82, 2.24) is 15.2 Å². The summed E-state index contributed by atoms with van der Waals surface area (Å²) < 4.78 is 36.4. The number of carbonyl (C=O) groups is 3. The summed E-state index contributed by atoms with van der Waals surface area (Å²) in [7, 11) is 1.67. The van der Waals surface area contributed by atoms with Crippen molar-refractivity contribution in [3.8, 4) is 11.5 Å². The molecule has 0 bridgehead atoms. The van der Waals surface area contributed by atoms with E-state index in [0.717, 1.165) is 24.1 Å². The van der Waals surface area contributed by atoms with Crippen LogP contribution in [0.3, 0.4) is 0 Å². The number of carbonyl (C=O) groups excluding carboxylic acids is 3. The normalized spacial score (nSPS) is 17.9. The number of likely N-dealkylation sites (tertiary alicyclic amines) is 1. The molecular formula is C32H34F2N4O5. The lowest BCUT2D eigenvalue weighted by molar-refractivity contribution is -0.136. The molecule has 3 aromatic rings. The molecule has 0 spiro atoms. The number of nitrogens with zero attached hydrogens (tertiary/aromatic N) is 3. The third-order valence-electron chi connectivity index (χ3n) is 7.75. The van der Waals surface area contributed by atoms with Gasteiger partial charge in [-0.2, -0.15) is 8.78 Å². The number of rotatable bonds is 11. The van der Waals surface area contributed by atoms with E-state index >= 15 is 0 Å². The van der Waals surface area contributed by atoms with Crippen molar-refractivity contribution < 1.29 is 32.6 Å². The fourth-order valence-corrected chi connectivity index (χ4v) is 5.18. The van der Waals surface area contributed by atoms with E-state index in [-0.39, 0.29) is 47.4 Å². The first-order chi connectivity index (χ1) is 20.7. The number of hydrogen-bond donors (Lipinski definition) is 1. The molecule has 226 valence electrons. The number of halogens is 2. The maximum atomic E-state index is 13.3. The smallest absolute Gasteiger partial charge is 0.387 e. The van der Waals surface area contributed by atoms with Crippen molar-refractivity contribution in [2.24, 2.45) is 5.92 Å².